The average molecular weight is 511 g/mol. The lowest BCUT2D eigenvalue weighted by molar-refractivity contribution is -0.160. The second-order valence-corrected chi connectivity index (χ2v) is 9.98. The first-order valence-corrected chi connectivity index (χ1v) is 12.9. The lowest BCUT2D eigenvalue weighted by Gasteiger charge is -2.37. The van der Waals surface area contributed by atoms with Crippen LogP contribution in [0.3, 0.4) is 0 Å². The van der Waals surface area contributed by atoms with E-state index < -0.39 is 17.6 Å². The van der Waals surface area contributed by atoms with Gasteiger partial charge in [-0.05, 0) is 36.0 Å². The second kappa shape index (κ2) is 11.8. The number of amides is 2. The Morgan fingerprint density at radius 3 is 2.08 bits per heavy atom. The Morgan fingerprint density at radius 1 is 0.919 bits per heavy atom. The van der Waals surface area contributed by atoms with E-state index in [-0.39, 0.29) is 37.1 Å². The minimum absolute atomic E-state index is 0.00378. The van der Waals surface area contributed by atoms with Crippen LogP contribution in [0.2, 0.25) is 0 Å². The molecule has 0 aromatic heterocycles. The largest absolute Gasteiger partial charge is 0.395 e. The zero-order chi connectivity index (χ0) is 26.3. The average Bonchev–Trinajstić information content (AvgIpc) is 2.91. The number of carbonyl (C=O) groups is 2. The highest BCUT2D eigenvalue weighted by atomic mass is 19.4. The van der Waals surface area contributed by atoms with E-state index in [1.807, 2.05) is 60.7 Å². The van der Waals surface area contributed by atoms with Crippen molar-refractivity contribution in [3.8, 4) is 0 Å². The number of halogens is 3. The van der Waals surface area contributed by atoms with E-state index in [0.717, 1.165) is 30.4 Å². The highest BCUT2D eigenvalue weighted by Gasteiger charge is 2.41. The maximum absolute atomic E-state index is 13.4. The van der Waals surface area contributed by atoms with Crippen LogP contribution in [0.25, 0.3) is 0 Å². The summed E-state index contributed by atoms with van der Waals surface area (Å²) < 4.78 is 39.4. The molecule has 2 aliphatic carbocycles. The molecule has 1 fully saturated rings. The Bertz CT molecular complexity index is 1080. The third-order valence-electron chi connectivity index (χ3n) is 7.32. The molecule has 1 unspecified atom stereocenters. The fraction of sp³-hybridized carbons (Fsp3) is 0.400. The lowest BCUT2D eigenvalue weighted by Crippen LogP contribution is -2.60. The van der Waals surface area contributed by atoms with Crippen LogP contribution in [0.15, 0.2) is 84.5 Å². The summed E-state index contributed by atoms with van der Waals surface area (Å²) in [5, 5.41) is 5.87. The van der Waals surface area contributed by atoms with E-state index in [1.165, 1.54) is 12.2 Å². The van der Waals surface area contributed by atoms with Gasteiger partial charge in [-0.25, -0.2) is 0 Å². The molecule has 0 saturated heterocycles. The molecule has 1 saturated carbocycles. The van der Waals surface area contributed by atoms with Crippen molar-refractivity contribution in [3.05, 3.63) is 95.6 Å². The van der Waals surface area contributed by atoms with Gasteiger partial charge in [0.2, 0.25) is 11.8 Å². The van der Waals surface area contributed by atoms with E-state index in [2.05, 4.69) is 10.6 Å². The summed E-state index contributed by atoms with van der Waals surface area (Å²) in [7, 11) is 0. The molecule has 7 heteroatoms. The van der Waals surface area contributed by atoms with Gasteiger partial charge in [-0.15, -0.1) is 0 Å². The molecule has 2 N–H and O–H groups in total. The number of nitrogens with one attached hydrogen (secondary N) is 2. The summed E-state index contributed by atoms with van der Waals surface area (Å²) in [4.78, 5) is 26.8. The van der Waals surface area contributed by atoms with E-state index >= 15 is 0 Å². The monoisotopic (exact) mass is 510 g/mol. The van der Waals surface area contributed by atoms with Crippen molar-refractivity contribution in [2.75, 3.05) is 6.54 Å². The minimum atomic E-state index is -4.31. The highest BCUT2D eigenvalue weighted by molar-refractivity contribution is 5.92. The summed E-state index contributed by atoms with van der Waals surface area (Å²) in [5.74, 6) is -2.26. The molecule has 2 aliphatic rings. The van der Waals surface area contributed by atoms with Gasteiger partial charge >= 0.3 is 6.18 Å². The van der Waals surface area contributed by atoms with E-state index in [0.29, 0.717) is 18.4 Å². The maximum Gasteiger partial charge on any atom is 0.395 e. The van der Waals surface area contributed by atoms with Crippen LogP contribution in [0.5, 0.6) is 0 Å². The van der Waals surface area contributed by atoms with Crippen LogP contribution in [0, 0.1) is 5.92 Å². The van der Waals surface area contributed by atoms with Crippen LogP contribution in [0.4, 0.5) is 13.2 Å². The van der Waals surface area contributed by atoms with E-state index in [4.69, 9.17) is 0 Å². The van der Waals surface area contributed by atoms with Gasteiger partial charge in [0, 0.05) is 18.9 Å². The zero-order valence-corrected chi connectivity index (χ0v) is 20.8. The molecule has 196 valence electrons. The quantitative estimate of drug-likeness (QED) is 0.444. The van der Waals surface area contributed by atoms with E-state index in [1.54, 1.807) is 6.08 Å². The summed E-state index contributed by atoms with van der Waals surface area (Å²) >= 11 is 0. The van der Waals surface area contributed by atoms with Gasteiger partial charge in [-0.2, -0.15) is 13.2 Å². The van der Waals surface area contributed by atoms with Crippen molar-refractivity contribution >= 4 is 11.8 Å². The normalized spacial score (nSPS) is 19.2. The fourth-order valence-electron chi connectivity index (χ4n) is 5.31. The van der Waals surface area contributed by atoms with Gasteiger partial charge in [-0.1, -0.05) is 98.2 Å². The van der Waals surface area contributed by atoms with Crippen molar-refractivity contribution in [2.45, 2.75) is 62.6 Å². The minimum Gasteiger partial charge on any atom is -0.350 e. The zero-order valence-electron chi connectivity index (χ0n) is 20.8. The van der Waals surface area contributed by atoms with Gasteiger partial charge in [0.1, 0.15) is 5.54 Å². The van der Waals surface area contributed by atoms with Crippen molar-refractivity contribution in [1.82, 2.24) is 10.6 Å². The summed E-state index contributed by atoms with van der Waals surface area (Å²) in [6.45, 7) is -0.00378. The maximum atomic E-state index is 13.4. The third-order valence-corrected chi connectivity index (χ3v) is 7.32. The molecule has 0 radical (unpaired) electrons. The summed E-state index contributed by atoms with van der Waals surface area (Å²) in [5.41, 5.74) is 1.39. The third kappa shape index (κ3) is 6.90. The van der Waals surface area contributed by atoms with Crippen LogP contribution in [0.1, 0.15) is 62.0 Å². The predicted octanol–water partition coefficient (Wildman–Crippen LogP) is 6.21. The number of benzene rings is 2. The molecule has 0 spiro atoms. The fourth-order valence-corrected chi connectivity index (χ4v) is 5.31. The van der Waals surface area contributed by atoms with Gasteiger partial charge in [0.15, 0.2) is 0 Å². The topological polar surface area (TPSA) is 58.2 Å². The number of carbonyl (C=O) groups excluding carboxylic acids is 2. The first-order valence-electron chi connectivity index (χ1n) is 12.9. The Balaban J connectivity index is 1.47. The summed E-state index contributed by atoms with van der Waals surface area (Å²) in [6, 6.07) is 19.6. The first kappa shape index (κ1) is 26.7. The van der Waals surface area contributed by atoms with Crippen LogP contribution in [-0.2, 0) is 9.59 Å². The predicted molar refractivity (Wildman–Crippen MR) is 138 cm³/mol. The molecular formula is C30H33F3N2O2. The summed E-state index contributed by atoms with van der Waals surface area (Å²) in [6.07, 6.45) is 3.66. The van der Waals surface area contributed by atoms with Crippen LogP contribution in [-0.4, -0.2) is 30.1 Å². The lowest BCUT2D eigenvalue weighted by atomic mass is 9.80. The number of alkyl halides is 3. The molecule has 4 nitrogen and oxygen atoms in total. The molecule has 0 heterocycles. The highest BCUT2D eigenvalue weighted by Crippen LogP contribution is 2.34. The number of hydrogen-bond donors (Lipinski definition) is 2. The molecule has 37 heavy (non-hydrogen) atoms. The SMILES string of the molecule is O=C(CC(c1ccccc1)c1ccccc1)NC1(C(=O)NCC2=CC(C(F)(F)F)CC=C2)CCCCC1. The molecule has 2 aromatic carbocycles. The molecular weight excluding hydrogens is 477 g/mol. The Hall–Kier alpha value is -3.35. The smallest absolute Gasteiger partial charge is 0.350 e. The van der Waals surface area contributed by atoms with E-state index in [9.17, 15) is 22.8 Å². The Kier molecular flexibility index (Phi) is 8.52. The van der Waals surface area contributed by atoms with Crippen LogP contribution < -0.4 is 10.6 Å². The Morgan fingerprint density at radius 2 is 1.51 bits per heavy atom. The van der Waals surface area contributed by atoms with Crippen molar-refractivity contribution in [3.63, 3.8) is 0 Å². The van der Waals surface area contributed by atoms with Crippen molar-refractivity contribution < 1.29 is 22.8 Å². The van der Waals surface area contributed by atoms with Crippen LogP contribution >= 0.6 is 0 Å². The number of hydrogen-bond acceptors (Lipinski definition) is 2. The van der Waals surface area contributed by atoms with Gasteiger partial charge in [-0.3, -0.25) is 9.59 Å². The second-order valence-electron chi connectivity index (χ2n) is 9.98. The first-order chi connectivity index (χ1) is 17.8. The van der Waals surface area contributed by atoms with Gasteiger partial charge < -0.3 is 10.6 Å². The molecule has 2 aromatic rings. The molecule has 4 rings (SSSR count). The number of allylic oxidation sites excluding steroid dienone is 2. The molecule has 0 bridgehead atoms. The molecule has 1 atom stereocenters. The number of rotatable bonds is 8. The van der Waals surface area contributed by atoms with Gasteiger partial charge in [0.25, 0.3) is 0 Å². The van der Waals surface area contributed by atoms with Gasteiger partial charge in [0.05, 0.1) is 5.92 Å². The van der Waals surface area contributed by atoms with Crippen molar-refractivity contribution in [1.29, 1.82) is 0 Å². The Labute approximate surface area is 216 Å². The van der Waals surface area contributed by atoms with Crippen molar-refractivity contribution in [2.24, 2.45) is 5.92 Å². The standard InChI is InChI=1S/C30H33F3N2O2/c31-30(32,33)25-16-10-11-22(19-25)21-34-28(37)29(17-8-3-9-18-29)35-27(36)20-26(23-12-4-1-5-13-23)24-14-6-2-7-15-24/h1-2,4-7,10-15,19,25-26H,3,8-9,16-18,20-21H2,(H,34,37)(H,35,36). The molecule has 0 aliphatic heterocycles. The molecule has 2 amide bonds.